The lowest BCUT2D eigenvalue weighted by molar-refractivity contribution is -0.285. The maximum absolute atomic E-state index is 16.5. The van der Waals surface area contributed by atoms with Gasteiger partial charge in [-0.1, -0.05) is 12.1 Å². The van der Waals surface area contributed by atoms with E-state index < -0.39 is 23.3 Å². The van der Waals surface area contributed by atoms with Gasteiger partial charge in [-0.2, -0.15) is 10.5 Å². The third kappa shape index (κ3) is 3.20. The molecule has 0 fully saturated rings. The lowest BCUT2D eigenvalue weighted by Crippen LogP contribution is -2.64. The van der Waals surface area contributed by atoms with Crippen LogP contribution in [0.25, 0.3) is 0 Å². The van der Waals surface area contributed by atoms with Crippen LogP contribution in [0.3, 0.4) is 0 Å². The Labute approximate surface area is 156 Å². The third-order valence-electron chi connectivity index (χ3n) is 4.40. The van der Waals surface area contributed by atoms with E-state index in [1.165, 1.54) is 38.1 Å². The van der Waals surface area contributed by atoms with Gasteiger partial charge in [0.2, 0.25) is 5.88 Å². The number of nitrogens with zero attached hydrogens (tertiary/aromatic N) is 2. The highest BCUT2D eigenvalue weighted by molar-refractivity contribution is 5.84. The van der Waals surface area contributed by atoms with Crippen molar-refractivity contribution in [2.75, 3.05) is 13.2 Å². The van der Waals surface area contributed by atoms with E-state index in [2.05, 4.69) is 0 Å². The summed E-state index contributed by atoms with van der Waals surface area (Å²) in [4.78, 5) is 12.7. The highest BCUT2D eigenvalue weighted by Crippen LogP contribution is 2.51. The fraction of sp³-hybridized carbons (Fsp3) is 0.421. The molecule has 0 aromatic heterocycles. The predicted octanol–water partition coefficient (Wildman–Crippen LogP) is 2.39. The van der Waals surface area contributed by atoms with Gasteiger partial charge < -0.3 is 19.9 Å². The van der Waals surface area contributed by atoms with Crippen LogP contribution in [0.5, 0.6) is 0 Å². The monoisotopic (exact) mass is 373 g/mol. The largest absolute Gasteiger partial charge is 0.463 e. The first kappa shape index (κ1) is 20.2. The van der Waals surface area contributed by atoms with E-state index in [0.717, 1.165) is 0 Å². The molecule has 1 aromatic rings. The van der Waals surface area contributed by atoms with Crippen LogP contribution < -0.4 is 5.73 Å². The topological polar surface area (TPSA) is 118 Å². The molecule has 0 bridgehead atoms. The van der Waals surface area contributed by atoms with Gasteiger partial charge in [-0.25, -0.2) is 9.18 Å². The minimum Gasteiger partial charge on any atom is -0.463 e. The first-order chi connectivity index (χ1) is 12.8. The van der Waals surface area contributed by atoms with Crippen molar-refractivity contribution in [1.29, 1.82) is 10.5 Å². The summed E-state index contributed by atoms with van der Waals surface area (Å²) in [5, 5.41) is 18.5. The molecule has 1 aromatic carbocycles. The number of hydrogen-bond donors (Lipinski definition) is 1. The fourth-order valence-electron chi connectivity index (χ4n) is 3.16. The first-order valence-electron chi connectivity index (χ1n) is 8.37. The molecule has 1 aliphatic heterocycles. The summed E-state index contributed by atoms with van der Waals surface area (Å²) in [6.45, 7) is 4.33. The quantitative estimate of drug-likeness (QED) is 0.787. The molecule has 0 saturated heterocycles. The van der Waals surface area contributed by atoms with E-state index in [0.29, 0.717) is 5.56 Å². The Morgan fingerprint density at radius 1 is 1.26 bits per heavy atom. The number of carbonyl (C=O) groups excluding carboxylic acids is 1. The van der Waals surface area contributed by atoms with Crippen LogP contribution in [-0.2, 0) is 19.0 Å². The summed E-state index contributed by atoms with van der Waals surface area (Å²) in [7, 11) is 0. The zero-order valence-electron chi connectivity index (χ0n) is 15.3. The van der Waals surface area contributed by atoms with E-state index in [-0.39, 0.29) is 30.2 Å². The van der Waals surface area contributed by atoms with Gasteiger partial charge in [-0.15, -0.1) is 0 Å². The van der Waals surface area contributed by atoms with Crippen molar-refractivity contribution in [2.45, 2.75) is 38.1 Å². The van der Waals surface area contributed by atoms with Crippen LogP contribution in [0.4, 0.5) is 4.39 Å². The Morgan fingerprint density at radius 3 is 2.37 bits per heavy atom. The number of nitriles is 2. The molecule has 27 heavy (non-hydrogen) atoms. The summed E-state index contributed by atoms with van der Waals surface area (Å²) in [6, 6.07) is 9.61. The molecule has 8 heteroatoms. The standard InChI is InChI=1S/C19H20FN3O4/c1-4-25-17(24)19(20)15(13-8-6-12(10-21)7-9-13)14(11-22)16(23)27-18(19,3)26-5-2/h6-9,15H,4-5,23H2,1-3H3/t15-,18-,19+/m1/s1. The Hall–Kier alpha value is -3.10. The second kappa shape index (κ2) is 7.65. The number of ether oxygens (including phenoxy) is 3. The van der Waals surface area contributed by atoms with Crippen molar-refractivity contribution >= 4 is 5.97 Å². The molecule has 0 unspecified atom stereocenters. The van der Waals surface area contributed by atoms with Gasteiger partial charge in [0.1, 0.15) is 11.6 Å². The molecule has 3 atom stereocenters. The number of carbonyl (C=O) groups is 1. The molecule has 0 radical (unpaired) electrons. The zero-order valence-corrected chi connectivity index (χ0v) is 15.3. The van der Waals surface area contributed by atoms with Crippen molar-refractivity contribution < 1.29 is 23.4 Å². The maximum Gasteiger partial charge on any atom is 0.351 e. The van der Waals surface area contributed by atoms with Crippen LogP contribution in [0.1, 0.15) is 37.8 Å². The van der Waals surface area contributed by atoms with E-state index in [9.17, 15) is 10.1 Å². The molecule has 2 N–H and O–H groups in total. The lowest BCUT2D eigenvalue weighted by Gasteiger charge is -2.47. The molecule has 1 heterocycles. The smallest absolute Gasteiger partial charge is 0.351 e. The van der Waals surface area contributed by atoms with Crippen LogP contribution >= 0.6 is 0 Å². The van der Waals surface area contributed by atoms with Crippen LogP contribution in [0, 0.1) is 22.7 Å². The minimum atomic E-state index is -2.89. The number of nitrogens with two attached hydrogens (primary N) is 1. The van der Waals surface area contributed by atoms with Gasteiger partial charge in [0, 0.05) is 13.5 Å². The first-order valence-corrected chi connectivity index (χ1v) is 8.37. The van der Waals surface area contributed by atoms with Gasteiger partial charge in [-0.3, -0.25) is 0 Å². The van der Waals surface area contributed by atoms with E-state index in [1.54, 1.807) is 6.92 Å². The van der Waals surface area contributed by atoms with E-state index in [4.69, 9.17) is 25.2 Å². The minimum absolute atomic E-state index is 0.0246. The lowest BCUT2D eigenvalue weighted by atomic mass is 9.72. The second-order valence-corrected chi connectivity index (χ2v) is 5.97. The number of esters is 1. The number of rotatable bonds is 5. The average Bonchev–Trinajstić information content (AvgIpc) is 2.64. The average molecular weight is 373 g/mol. The maximum atomic E-state index is 16.5. The van der Waals surface area contributed by atoms with Gasteiger partial charge in [-0.05, 0) is 31.5 Å². The van der Waals surface area contributed by atoms with Gasteiger partial charge >= 0.3 is 5.97 Å². The number of hydrogen-bond acceptors (Lipinski definition) is 7. The molecule has 7 nitrogen and oxygen atoms in total. The van der Waals surface area contributed by atoms with E-state index >= 15 is 4.39 Å². The third-order valence-corrected chi connectivity index (χ3v) is 4.40. The van der Waals surface area contributed by atoms with Crippen LogP contribution in [0.2, 0.25) is 0 Å². The molecule has 0 aliphatic carbocycles. The number of alkyl halides is 1. The molecule has 0 amide bonds. The summed E-state index contributed by atoms with van der Waals surface area (Å²) in [5.74, 6) is -5.10. The van der Waals surface area contributed by atoms with Crippen molar-refractivity contribution in [1.82, 2.24) is 0 Å². The summed E-state index contributed by atoms with van der Waals surface area (Å²) in [6.07, 6.45) is 0. The van der Waals surface area contributed by atoms with Crippen molar-refractivity contribution in [3.8, 4) is 12.1 Å². The molecule has 142 valence electrons. The van der Waals surface area contributed by atoms with Gasteiger partial charge in [0.25, 0.3) is 11.5 Å². The number of halogens is 1. The van der Waals surface area contributed by atoms with Crippen molar-refractivity contribution in [3.63, 3.8) is 0 Å². The number of benzene rings is 1. The van der Waals surface area contributed by atoms with Gasteiger partial charge in [0.05, 0.1) is 24.2 Å². The Morgan fingerprint density at radius 2 is 1.89 bits per heavy atom. The highest BCUT2D eigenvalue weighted by Gasteiger charge is 2.68. The molecular formula is C19H20FN3O4. The molecule has 1 aliphatic rings. The molecule has 2 rings (SSSR count). The molecule has 0 saturated carbocycles. The SMILES string of the molecule is CCOC(=O)[C@@]1(F)[C@H](c2ccc(C#N)cc2)C(C#N)=C(N)O[C@@]1(C)OCC. The molecule has 0 spiro atoms. The second-order valence-electron chi connectivity index (χ2n) is 5.97. The van der Waals surface area contributed by atoms with Crippen LogP contribution in [-0.4, -0.2) is 30.6 Å². The molecular weight excluding hydrogens is 353 g/mol. The summed E-state index contributed by atoms with van der Waals surface area (Å²) in [5.41, 5.74) is 3.32. The van der Waals surface area contributed by atoms with Crippen molar-refractivity contribution in [3.05, 3.63) is 46.8 Å². The van der Waals surface area contributed by atoms with Crippen LogP contribution in [0.15, 0.2) is 35.7 Å². The zero-order chi connectivity index (χ0) is 20.2. The normalized spacial score (nSPS) is 27.3. The van der Waals surface area contributed by atoms with Crippen molar-refractivity contribution in [2.24, 2.45) is 5.73 Å². The van der Waals surface area contributed by atoms with E-state index in [1.807, 2.05) is 12.1 Å². The number of allylic oxidation sites excluding steroid dienone is 1. The Bertz CT molecular complexity index is 840. The predicted molar refractivity (Wildman–Crippen MR) is 92.3 cm³/mol. The summed E-state index contributed by atoms with van der Waals surface area (Å²) < 4.78 is 32.3. The Balaban J connectivity index is 2.77. The van der Waals surface area contributed by atoms with Gasteiger partial charge in [0.15, 0.2) is 0 Å². The highest BCUT2D eigenvalue weighted by atomic mass is 19.1. The fourth-order valence-corrected chi connectivity index (χ4v) is 3.16. The Kier molecular flexibility index (Phi) is 5.72. The summed E-state index contributed by atoms with van der Waals surface area (Å²) >= 11 is 0.